The van der Waals surface area contributed by atoms with E-state index in [1.54, 1.807) is 23.0 Å². The maximum Gasteiger partial charge on any atom is 0.240 e. The number of benzene rings is 2. The molecule has 3 aromatic rings. The second kappa shape index (κ2) is 5.44. The van der Waals surface area contributed by atoms with E-state index >= 15 is 0 Å². The molecular formula is C20H15ClN4O2. The number of anilines is 2. The van der Waals surface area contributed by atoms with Crippen molar-refractivity contribution in [2.24, 2.45) is 0 Å². The van der Waals surface area contributed by atoms with Crippen LogP contribution in [0.25, 0.3) is 5.69 Å². The average Bonchev–Trinajstić information content (AvgIpc) is 3.17. The maximum absolute atomic E-state index is 13.1. The number of aryl methyl sites for hydroxylation is 1. The smallest absolute Gasteiger partial charge is 0.240 e. The van der Waals surface area contributed by atoms with Crippen LogP contribution in [0.2, 0.25) is 5.02 Å². The van der Waals surface area contributed by atoms with Crippen molar-refractivity contribution in [3.8, 4) is 5.69 Å². The van der Waals surface area contributed by atoms with Crippen LogP contribution in [0.1, 0.15) is 23.1 Å². The lowest BCUT2D eigenvalue weighted by Gasteiger charge is -2.31. The fourth-order valence-corrected chi connectivity index (χ4v) is 4.26. The molecule has 0 unspecified atom stereocenters. The van der Waals surface area contributed by atoms with Crippen molar-refractivity contribution >= 4 is 34.9 Å². The first-order valence-electron chi connectivity index (χ1n) is 8.56. The van der Waals surface area contributed by atoms with E-state index in [4.69, 9.17) is 11.6 Å². The van der Waals surface area contributed by atoms with Gasteiger partial charge in [0.2, 0.25) is 11.8 Å². The Labute approximate surface area is 160 Å². The summed E-state index contributed by atoms with van der Waals surface area (Å²) in [4.78, 5) is 25.7. The van der Waals surface area contributed by atoms with Crippen LogP contribution in [-0.2, 0) is 15.0 Å². The molecule has 0 radical (unpaired) electrons. The highest BCUT2D eigenvalue weighted by Gasteiger charge is 2.54. The molecule has 0 saturated heterocycles. The fraction of sp³-hybridized carbons (Fsp3) is 0.150. The van der Waals surface area contributed by atoms with E-state index in [1.165, 1.54) is 0 Å². The zero-order valence-electron chi connectivity index (χ0n) is 14.4. The average molecular weight is 379 g/mol. The van der Waals surface area contributed by atoms with Crippen LogP contribution in [0.5, 0.6) is 0 Å². The number of fused-ring (bicyclic) bond motifs is 4. The Morgan fingerprint density at radius 2 is 1.93 bits per heavy atom. The van der Waals surface area contributed by atoms with Crippen LogP contribution in [0.15, 0.2) is 48.7 Å². The van der Waals surface area contributed by atoms with Crippen molar-refractivity contribution in [2.45, 2.75) is 18.8 Å². The van der Waals surface area contributed by atoms with Crippen molar-refractivity contribution in [1.29, 1.82) is 0 Å². The van der Waals surface area contributed by atoms with Gasteiger partial charge in [0.1, 0.15) is 11.2 Å². The number of para-hydroxylation sites is 1. The third kappa shape index (κ3) is 2.10. The summed E-state index contributed by atoms with van der Waals surface area (Å²) in [5, 5.41) is 10.9. The molecule has 0 bridgehead atoms. The quantitative estimate of drug-likeness (QED) is 0.681. The molecular weight excluding hydrogens is 364 g/mol. The van der Waals surface area contributed by atoms with E-state index in [0.717, 1.165) is 16.8 Å². The van der Waals surface area contributed by atoms with Crippen molar-refractivity contribution in [3.63, 3.8) is 0 Å². The van der Waals surface area contributed by atoms with E-state index in [-0.39, 0.29) is 18.2 Å². The summed E-state index contributed by atoms with van der Waals surface area (Å²) in [7, 11) is 0. The number of amides is 2. The van der Waals surface area contributed by atoms with E-state index < -0.39 is 5.41 Å². The van der Waals surface area contributed by atoms with Crippen LogP contribution < -0.4 is 10.6 Å². The Balaban J connectivity index is 1.78. The zero-order chi connectivity index (χ0) is 18.8. The summed E-state index contributed by atoms with van der Waals surface area (Å²) in [6, 6.07) is 12.9. The highest BCUT2D eigenvalue weighted by molar-refractivity contribution is 6.30. The van der Waals surface area contributed by atoms with Gasteiger partial charge in [-0.15, -0.1) is 0 Å². The Bertz CT molecular complexity index is 1140. The number of halogens is 1. The highest BCUT2D eigenvalue weighted by Crippen LogP contribution is 2.50. The summed E-state index contributed by atoms with van der Waals surface area (Å²) >= 11 is 6.11. The minimum absolute atomic E-state index is 0.0452. The number of hydrogen-bond acceptors (Lipinski definition) is 3. The third-order valence-electron chi connectivity index (χ3n) is 5.32. The molecule has 2 aromatic carbocycles. The number of aromatic nitrogens is 2. The molecule has 3 heterocycles. The molecule has 2 aliphatic heterocycles. The predicted molar refractivity (Wildman–Crippen MR) is 102 cm³/mol. The second-order valence-electron chi connectivity index (χ2n) is 6.88. The molecule has 2 amide bonds. The number of hydrogen-bond donors (Lipinski definition) is 2. The van der Waals surface area contributed by atoms with Crippen LogP contribution in [0.4, 0.5) is 11.5 Å². The molecule has 0 saturated carbocycles. The van der Waals surface area contributed by atoms with Gasteiger partial charge < -0.3 is 10.6 Å². The Morgan fingerprint density at radius 3 is 2.74 bits per heavy atom. The molecule has 6 nitrogen and oxygen atoms in total. The topological polar surface area (TPSA) is 76.0 Å². The molecule has 1 aromatic heterocycles. The Morgan fingerprint density at radius 1 is 1.11 bits per heavy atom. The minimum Gasteiger partial charge on any atom is -0.324 e. The fourth-order valence-electron chi connectivity index (χ4n) is 4.07. The molecule has 0 aliphatic carbocycles. The van der Waals surface area contributed by atoms with Crippen molar-refractivity contribution in [1.82, 2.24) is 9.78 Å². The number of carbonyl (C=O) groups excluding carboxylic acids is 2. The first-order valence-corrected chi connectivity index (χ1v) is 8.94. The molecule has 2 N–H and O–H groups in total. The van der Waals surface area contributed by atoms with E-state index in [0.29, 0.717) is 22.1 Å². The van der Waals surface area contributed by atoms with Crippen LogP contribution in [0.3, 0.4) is 0 Å². The van der Waals surface area contributed by atoms with Gasteiger partial charge >= 0.3 is 0 Å². The van der Waals surface area contributed by atoms with Gasteiger partial charge in [-0.25, -0.2) is 4.68 Å². The monoisotopic (exact) mass is 378 g/mol. The second-order valence-corrected chi connectivity index (χ2v) is 7.32. The number of carbonyl (C=O) groups is 2. The van der Waals surface area contributed by atoms with E-state index in [1.807, 2.05) is 37.3 Å². The van der Waals surface area contributed by atoms with Crippen LogP contribution in [0, 0.1) is 6.92 Å². The summed E-state index contributed by atoms with van der Waals surface area (Å²) in [6.07, 6.45) is 1.70. The van der Waals surface area contributed by atoms with Crippen molar-refractivity contribution in [3.05, 3.63) is 70.4 Å². The Hall–Kier alpha value is -3.12. The number of nitrogens with zero attached hydrogens (tertiary/aromatic N) is 2. The first-order chi connectivity index (χ1) is 13.0. The number of rotatable bonds is 1. The van der Waals surface area contributed by atoms with Gasteiger partial charge in [0, 0.05) is 22.7 Å². The predicted octanol–water partition coefficient (Wildman–Crippen LogP) is 3.41. The standard InChI is InChI=1S/C20H15ClN4O2/c1-11-4-2-7-14-17(11)24-19(27)20(14)9-16(26)23-18-15(20)10-22-25(18)13-6-3-5-12(21)8-13/h2-8,10H,9H2,1H3,(H,23,26)(H,24,27)/t20-/m0/s1. The van der Waals surface area contributed by atoms with Gasteiger partial charge in [0.05, 0.1) is 11.9 Å². The molecule has 5 rings (SSSR count). The lowest BCUT2D eigenvalue weighted by atomic mass is 9.71. The normalized spacial score (nSPS) is 20.2. The number of nitrogens with one attached hydrogen (secondary N) is 2. The molecule has 1 spiro atoms. The summed E-state index contributed by atoms with van der Waals surface area (Å²) in [5.74, 6) is 0.0716. The van der Waals surface area contributed by atoms with E-state index in [2.05, 4.69) is 15.7 Å². The van der Waals surface area contributed by atoms with Gasteiger partial charge in [-0.05, 0) is 36.2 Å². The van der Waals surface area contributed by atoms with Crippen LogP contribution in [-0.4, -0.2) is 21.6 Å². The SMILES string of the molecule is Cc1cccc2c1NC(=O)[C@@]21CC(=O)Nc2c1cnn2-c1cccc(Cl)c1. The summed E-state index contributed by atoms with van der Waals surface area (Å²) < 4.78 is 1.61. The molecule has 134 valence electrons. The summed E-state index contributed by atoms with van der Waals surface area (Å²) in [5.41, 5.74) is 2.88. The molecule has 27 heavy (non-hydrogen) atoms. The summed E-state index contributed by atoms with van der Waals surface area (Å²) in [6.45, 7) is 1.94. The van der Waals surface area contributed by atoms with Crippen LogP contribution >= 0.6 is 11.6 Å². The van der Waals surface area contributed by atoms with Crippen molar-refractivity contribution < 1.29 is 9.59 Å². The lowest BCUT2D eigenvalue weighted by Crippen LogP contribution is -2.43. The van der Waals surface area contributed by atoms with E-state index in [9.17, 15) is 9.59 Å². The molecule has 0 fully saturated rings. The van der Waals surface area contributed by atoms with Gasteiger partial charge in [-0.3, -0.25) is 9.59 Å². The molecule has 2 aliphatic rings. The van der Waals surface area contributed by atoms with Gasteiger partial charge in [0.25, 0.3) is 0 Å². The third-order valence-corrected chi connectivity index (χ3v) is 5.56. The molecule has 1 atom stereocenters. The Kier molecular flexibility index (Phi) is 3.24. The van der Waals surface area contributed by atoms with Gasteiger partial charge in [-0.2, -0.15) is 5.10 Å². The molecule has 7 heteroatoms. The largest absolute Gasteiger partial charge is 0.324 e. The zero-order valence-corrected chi connectivity index (χ0v) is 15.2. The maximum atomic E-state index is 13.1. The minimum atomic E-state index is -1.07. The highest BCUT2D eigenvalue weighted by atomic mass is 35.5. The first kappa shape index (κ1) is 16.1. The van der Waals surface area contributed by atoms with Gasteiger partial charge in [-0.1, -0.05) is 35.9 Å². The van der Waals surface area contributed by atoms with Gasteiger partial charge in [0.15, 0.2) is 0 Å². The lowest BCUT2D eigenvalue weighted by molar-refractivity contribution is -0.125. The van der Waals surface area contributed by atoms with Crippen molar-refractivity contribution in [2.75, 3.05) is 10.6 Å².